The molecule has 0 aliphatic heterocycles. The maximum Gasteiger partial charge on any atom is 0.306 e. The lowest BCUT2D eigenvalue weighted by Crippen LogP contribution is -2.24. The van der Waals surface area contributed by atoms with Gasteiger partial charge in [-0.3, -0.25) is 24.3 Å². The molecule has 1 aliphatic carbocycles. The molecule has 0 fully saturated rings. The van der Waals surface area contributed by atoms with Gasteiger partial charge in [0.05, 0.1) is 16.4 Å². The minimum Gasteiger partial charge on any atom is -0.481 e. The van der Waals surface area contributed by atoms with Gasteiger partial charge in [-0.1, -0.05) is 18.2 Å². The Kier molecular flexibility index (Phi) is 3.99. The molecule has 1 atom stereocenters. The number of carbonyl (C=O) groups excluding carboxylic acids is 1. The van der Waals surface area contributed by atoms with E-state index in [0.717, 1.165) is 22.2 Å². The van der Waals surface area contributed by atoms with Crippen LogP contribution >= 0.6 is 0 Å². The zero-order valence-corrected chi connectivity index (χ0v) is 14.3. The first kappa shape index (κ1) is 17.0. The van der Waals surface area contributed by atoms with Crippen LogP contribution in [0.5, 0.6) is 0 Å². The monoisotopic (exact) mass is 364 g/mol. The summed E-state index contributed by atoms with van der Waals surface area (Å²) in [7, 11) is 0. The molecule has 3 aromatic rings. The molecular weight excluding hydrogens is 348 g/mol. The Bertz CT molecular complexity index is 1080. The fourth-order valence-electron chi connectivity index (χ4n) is 3.81. The molecule has 0 spiro atoms. The van der Waals surface area contributed by atoms with Gasteiger partial charge in [-0.15, -0.1) is 0 Å². The van der Waals surface area contributed by atoms with E-state index in [2.05, 4.69) is 0 Å². The molecule has 0 amide bonds. The van der Waals surface area contributed by atoms with Gasteiger partial charge in [0.25, 0.3) is 11.6 Å². The summed E-state index contributed by atoms with van der Waals surface area (Å²) in [6, 6.07) is 13.0. The topological polar surface area (TPSA) is 102 Å². The second kappa shape index (κ2) is 6.35. The summed E-state index contributed by atoms with van der Waals surface area (Å²) in [6.07, 6.45) is 1.37. The molecular formula is C20H16N2O5. The highest BCUT2D eigenvalue weighted by molar-refractivity contribution is 6.04. The molecule has 0 bridgehead atoms. The molecule has 0 saturated carbocycles. The maximum atomic E-state index is 13.2. The third-order valence-electron chi connectivity index (χ3n) is 5.15. The van der Waals surface area contributed by atoms with Gasteiger partial charge in [0.15, 0.2) is 0 Å². The van der Waals surface area contributed by atoms with Gasteiger partial charge < -0.3 is 5.11 Å². The first-order valence-corrected chi connectivity index (χ1v) is 8.60. The Hall–Kier alpha value is -3.48. The van der Waals surface area contributed by atoms with Crippen molar-refractivity contribution in [2.24, 2.45) is 5.92 Å². The Morgan fingerprint density at radius 2 is 1.81 bits per heavy atom. The molecule has 136 valence electrons. The van der Waals surface area contributed by atoms with Crippen molar-refractivity contribution in [3.8, 4) is 0 Å². The number of carboxylic acid groups (broad SMARTS) is 1. The van der Waals surface area contributed by atoms with E-state index >= 15 is 0 Å². The number of hydrogen-bond acceptors (Lipinski definition) is 4. The molecule has 1 heterocycles. The highest BCUT2D eigenvalue weighted by Gasteiger charge is 2.31. The average Bonchev–Trinajstić information content (AvgIpc) is 3.01. The lowest BCUT2D eigenvalue weighted by Gasteiger charge is -2.20. The van der Waals surface area contributed by atoms with Crippen LogP contribution in [-0.2, 0) is 17.6 Å². The summed E-state index contributed by atoms with van der Waals surface area (Å²) >= 11 is 0. The van der Waals surface area contributed by atoms with Crippen LogP contribution in [0.1, 0.15) is 28.0 Å². The normalized spacial score (nSPS) is 16.1. The van der Waals surface area contributed by atoms with Crippen LogP contribution < -0.4 is 0 Å². The van der Waals surface area contributed by atoms with Crippen molar-refractivity contribution < 1.29 is 19.6 Å². The van der Waals surface area contributed by atoms with Gasteiger partial charge in [-0.25, -0.2) is 0 Å². The van der Waals surface area contributed by atoms with Crippen LogP contribution in [0.15, 0.2) is 48.5 Å². The molecule has 7 nitrogen and oxygen atoms in total. The smallest absolute Gasteiger partial charge is 0.306 e. The minimum atomic E-state index is -0.820. The van der Waals surface area contributed by atoms with Gasteiger partial charge in [0, 0.05) is 28.8 Å². The molecule has 1 unspecified atom stereocenters. The van der Waals surface area contributed by atoms with E-state index in [4.69, 9.17) is 0 Å². The number of aliphatic carboxylic acids is 1. The number of para-hydroxylation sites is 1. The average molecular weight is 364 g/mol. The van der Waals surface area contributed by atoms with Crippen molar-refractivity contribution >= 4 is 28.5 Å². The number of fused-ring (bicyclic) bond motifs is 3. The van der Waals surface area contributed by atoms with Crippen LogP contribution in [0.2, 0.25) is 0 Å². The summed E-state index contributed by atoms with van der Waals surface area (Å²) in [5.41, 5.74) is 2.74. The third kappa shape index (κ3) is 2.77. The minimum absolute atomic E-state index is 0.0738. The van der Waals surface area contributed by atoms with Crippen molar-refractivity contribution in [1.29, 1.82) is 0 Å². The lowest BCUT2D eigenvalue weighted by atomic mass is 9.86. The first-order chi connectivity index (χ1) is 13.0. The zero-order valence-electron chi connectivity index (χ0n) is 14.3. The summed E-state index contributed by atoms with van der Waals surface area (Å²) in [6.45, 7) is 0. The maximum absolute atomic E-state index is 13.2. The first-order valence-electron chi connectivity index (χ1n) is 8.60. The largest absolute Gasteiger partial charge is 0.481 e. The van der Waals surface area contributed by atoms with E-state index in [1.807, 2.05) is 24.3 Å². The Morgan fingerprint density at radius 1 is 1.11 bits per heavy atom. The lowest BCUT2D eigenvalue weighted by molar-refractivity contribution is -0.384. The molecule has 1 aliphatic rings. The molecule has 0 saturated heterocycles. The molecule has 1 N–H and O–H groups in total. The summed E-state index contributed by atoms with van der Waals surface area (Å²) < 4.78 is 1.63. The summed E-state index contributed by atoms with van der Waals surface area (Å²) in [5.74, 6) is -1.54. The van der Waals surface area contributed by atoms with Crippen LogP contribution in [0.25, 0.3) is 10.9 Å². The number of nitro benzene ring substituents is 1. The summed E-state index contributed by atoms with van der Waals surface area (Å²) in [5, 5.41) is 21.1. The van der Waals surface area contributed by atoms with Crippen LogP contribution in [0, 0.1) is 16.0 Å². The van der Waals surface area contributed by atoms with Gasteiger partial charge in [0.2, 0.25) is 0 Å². The second-order valence-electron chi connectivity index (χ2n) is 6.66. The van der Waals surface area contributed by atoms with Gasteiger partial charge in [0.1, 0.15) is 0 Å². The Balaban J connectivity index is 1.84. The number of hydrogen-bond donors (Lipinski definition) is 1. The van der Waals surface area contributed by atoms with E-state index < -0.39 is 16.8 Å². The highest BCUT2D eigenvalue weighted by atomic mass is 16.6. The molecule has 7 heteroatoms. The van der Waals surface area contributed by atoms with E-state index in [1.54, 1.807) is 4.57 Å². The fraction of sp³-hybridized carbons (Fsp3) is 0.200. The van der Waals surface area contributed by atoms with Crippen LogP contribution in [0.4, 0.5) is 5.69 Å². The van der Waals surface area contributed by atoms with E-state index in [9.17, 15) is 24.8 Å². The molecule has 27 heavy (non-hydrogen) atoms. The fourth-order valence-corrected chi connectivity index (χ4v) is 3.81. The Morgan fingerprint density at radius 3 is 2.48 bits per heavy atom. The zero-order chi connectivity index (χ0) is 19.1. The van der Waals surface area contributed by atoms with E-state index in [-0.39, 0.29) is 11.6 Å². The van der Waals surface area contributed by atoms with Crippen molar-refractivity contribution in [3.05, 3.63) is 75.5 Å². The third-order valence-corrected chi connectivity index (χ3v) is 5.15. The van der Waals surface area contributed by atoms with Gasteiger partial charge in [-0.2, -0.15) is 0 Å². The number of carboxylic acids is 1. The predicted molar refractivity (Wildman–Crippen MR) is 97.9 cm³/mol. The highest BCUT2D eigenvalue weighted by Crippen LogP contribution is 2.35. The van der Waals surface area contributed by atoms with Gasteiger partial charge in [-0.05, 0) is 43.0 Å². The summed E-state index contributed by atoms with van der Waals surface area (Å²) in [4.78, 5) is 34.9. The molecule has 0 radical (unpaired) electrons. The van der Waals surface area contributed by atoms with Crippen molar-refractivity contribution in [2.75, 3.05) is 0 Å². The second-order valence-corrected chi connectivity index (χ2v) is 6.66. The SMILES string of the molecule is O=C(O)C1CCc2c(c3ccccc3n2C(=O)c2ccc([N+](=O)[O-])cc2)C1. The van der Waals surface area contributed by atoms with Crippen LogP contribution in [0.3, 0.4) is 0 Å². The number of aromatic nitrogens is 1. The Labute approximate surface area is 154 Å². The number of nitro groups is 1. The van der Waals surface area contributed by atoms with E-state index in [0.29, 0.717) is 24.8 Å². The number of nitrogens with zero attached hydrogens (tertiary/aromatic N) is 2. The van der Waals surface area contributed by atoms with E-state index in [1.165, 1.54) is 24.3 Å². The number of rotatable bonds is 3. The van der Waals surface area contributed by atoms with Gasteiger partial charge >= 0.3 is 5.97 Å². The number of benzene rings is 2. The predicted octanol–water partition coefficient (Wildman–Crippen LogP) is 3.43. The molecule has 2 aromatic carbocycles. The van der Waals surface area contributed by atoms with Crippen LogP contribution in [-0.4, -0.2) is 26.5 Å². The quantitative estimate of drug-likeness (QED) is 0.566. The molecule has 4 rings (SSSR count). The number of non-ortho nitro benzene ring substituents is 1. The number of carbonyl (C=O) groups is 2. The van der Waals surface area contributed by atoms with Crippen molar-refractivity contribution in [2.45, 2.75) is 19.3 Å². The standard InChI is InChI=1S/C20H16N2O5/c23-19(12-5-8-14(9-6-12)22(26)27)21-17-4-2-1-3-15(17)16-11-13(20(24)25)7-10-18(16)21/h1-6,8-9,13H,7,10-11H2,(H,24,25). The molecule has 1 aromatic heterocycles. The van der Waals surface area contributed by atoms with Crippen molar-refractivity contribution in [3.63, 3.8) is 0 Å². The van der Waals surface area contributed by atoms with Crippen molar-refractivity contribution in [1.82, 2.24) is 4.57 Å².